The van der Waals surface area contributed by atoms with Crippen LogP contribution in [0.3, 0.4) is 0 Å². The minimum atomic E-state index is -0.0479. The van der Waals surface area contributed by atoms with Gasteiger partial charge in [0, 0.05) is 3.57 Å². The van der Waals surface area contributed by atoms with Gasteiger partial charge in [0.25, 0.3) is 0 Å². The minimum absolute atomic E-state index is 0.0479. The van der Waals surface area contributed by atoms with Gasteiger partial charge in [-0.25, -0.2) is 0 Å². The monoisotopic (exact) mass is 364 g/mol. The van der Waals surface area contributed by atoms with Gasteiger partial charge in [-0.05, 0) is 52.3 Å². The highest BCUT2D eigenvalue weighted by Gasteiger charge is 2.15. The summed E-state index contributed by atoms with van der Waals surface area (Å²) >= 11 is 2.34. The summed E-state index contributed by atoms with van der Waals surface area (Å²) < 4.78 is 7.26. The van der Waals surface area contributed by atoms with Gasteiger partial charge in [-0.15, -0.1) is 0 Å². The van der Waals surface area contributed by atoms with Gasteiger partial charge in [-0.1, -0.05) is 55.1 Å². The minimum Gasteiger partial charge on any atom is -0.364 e. The highest BCUT2D eigenvalue weighted by atomic mass is 127. The molecule has 0 aliphatic heterocycles. The number of hydrogen-bond acceptors (Lipinski definition) is 1. The van der Waals surface area contributed by atoms with Crippen molar-refractivity contribution >= 4 is 22.6 Å². The standard InChI is InChI=1S/C17H17IO/c1-13(2)17(15-10-6-7-11-16(15)18)19-12-14-8-4-3-5-9-14/h3-11,17H,1,12H2,2H3. The number of benzene rings is 2. The van der Waals surface area contributed by atoms with Crippen LogP contribution in [0.2, 0.25) is 0 Å². The third kappa shape index (κ3) is 3.91. The molecule has 2 aromatic carbocycles. The first kappa shape index (κ1) is 14.3. The molecule has 0 spiro atoms. The lowest BCUT2D eigenvalue weighted by Crippen LogP contribution is -2.07. The van der Waals surface area contributed by atoms with E-state index in [9.17, 15) is 0 Å². The fraction of sp³-hybridized carbons (Fsp3) is 0.176. The number of halogens is 1. The molecule has 19 heavy (non-hydrogen) atoms. The molecule has 1 nitrogen and oxygen atoms in total. The summed E-state index contributed by atoms with van der Waals surface area (Å²) in [4.78, 5) is 0. The maximum Gasteiger partial charge on any atom is 0.104 e. The molecule has 98 valence electrons. The summed E-state index contributed by atoms with van der Waals surface area (Å²) in [5.41, 5.74) is 3.39. The van der Waals surface area contributed by atoms with Crippen molar-refractivity contribution in [3.63, 3.8) is 0 Å². The molecule has 0 aliphatic rings. The Bertz CT molecular complexity index is 548. The van der Waals surface area contributed by atoms with Crippen LogP contribution in [0.25, 0.3) is 0 Å². The number of rotatable bonds is 5. The van der Waals surface area contributed by atoms with Crippen molar-refractivity contribution in [1.82, 2.24) is 0 Å². The predicted molar refractivity (Wildman–Crippen MR) is 87.9 cm³/mol. The van der Waals surface area contributed by atoms with Gasteiger partial charge in [0.1, 0.15) is 6.10 Å². The molecule has 0 radical (unpaired) electrons. The maximum absolute atomic E-state index is 6.05. The Kier molecular flexibility index (Phi) is 5.16. The second-order valence-corrected chi connectivity index (χ2v) is 5.71. The van der Waals surface area contributed by atoms with E-state index in [0.717, 1.165) is 5.57 Å². The molecule has 2 rings (SSSR count). The Hall–Kier alpha value is -1.13. The lowest BCUT2D eigenvalue weighted by Gasteiger charge is -2.20. The highest BCUT2D eigenvalue weighted by Crippen LogP contribution is 2.29. The average molecular weight is 364 g/mol. The van der Waals surface area contributed by atoms with E-state index in [4.69, 9.17) is 4.74 Å². The van der Waals surface area contributed by atoms with Crippen molar-refractivity contribution in [3.05, 3.63) is 81.4 Å². The van der Waals surface area contributed by atoms with E-state index in [-0.39, 0.29) is 6.10 Å². The fourth-order valence-electron chi connectivity index (χ4n) is 1.94. The van der Waals surface area contributed by atoms with Crippen molar-refractivity contribution in [2.45, 2.75) is 19.6 Å². The zero-order valence-corrected chi connectivity index (χ0v) is 13.1. The molecular weight excluding hydrogens is 347 g/mol. The summed E-state index contributed by atoms with van der Waals surface area (Å²) in [6, 6.07) is 18.5. The molecule has 0 saturated carbocycles. The van der Waals surface area contributed by atoms with Crippen LogP contribution in [0.4, 0.5) is 0 Å². The molecule has 0 N–H and O–H groups in total. The van der Waals surface area contributed by atoms with Crippen LogP contribution >= 0.6 is 22.6 Å². The molecule has 1 atom stereocenters. The number of hydrogen-bond donors (Lipinski definition) is 0. The molecule has 0 aliphatic carbocycles. The molecular formula is C17H17IO. The normalized spacial score (nSPS) is 12.1. The topological polar surface area (TPSA) is 9.23 Å². The smallest absolute Gasteiger partial charge is 0.104 e. The van der Waals surface area contributed by atoms with Gasteiger partial charge < -0.3 is 4.74 Å². The van der Waals surface area contributed by atoms with E-state index >= 15 is 0 Å². The first-order valence-electron chi connectivity index (χ1n) is 6.24. The Balaban J connectivity index is 2.14. The summed E-state index contributed by atoms with van der Waals surface area (Å²) in [6.07, 6.45) is -0.0479. The zero-order chi connectivity index (χ0) is 13.7. The predicted octanol–water partition coefficient (Wildman–Crippen LogP) is 5.13. The molecule has 0 heterocycles. The SMILES string of the molecule is C=C(C)C(OCc1ccccc1)c1ccccc1I. The third-order valence-corrected chi connectivity index (χ3v) is 3.88. The van der Waals surface area contributed by atoms with Crippen LogP contribution in [0.5, 0.6) is 0 Å². The molecule has 0 fully saturated rings. The van der Waals surface area contributed by atoms with Crippen LogP contribution in [-0.4, -0.2) is 0 Å². The van der Waals surface area contributed by atoms with E-state index in [2.05, 4.69) is 53.4 Å². The van der Waals surface area contributed by atoms with E-state index < -0.39 is 0 Å². The van der Waals surface area contributed by atoms with Crippen molar-refractivity contribution < 1.29 is 4.74 Å². The Morgan fingerprint density at radius 3 is 2.37 bits per heavy atom. The molecule has 0 saturated heterocycles. The van der Waals surface area contributed by atoms with Crippen LogP contribution in [0.1, 0.15) is 24.2 Å². The molecule has 2 aromatic rings. The molecule has 2 heteroatoms. The Labute approximate surface area is 128 Å². The Morgan fingerprint density at radius 1 is 1.11 bits per heavy atom. The van der Waals surface area contributed by atoms with Gasteiger partial charge in [0.2, 0.25) is 0 Å². The largest absolute Gasteiger partial charge is 0.364 e. The maximum atomic E-state index is 6.05. The lowest BCUT2D eigenvalue weighted by atomic mass is 10.0. The first-order valence-corrected chi connectivity index (χ1v) is 7.31. The van der Waals surface area contributed by atoms with Crippen molar-refractivity contribution in [2.24, 2.45) is 0 Å². The van der Waals surface area contributed by atoms with Crippen LogP contribution < -0.4 is 0 Å². The lowest BCUT2D eigenvalue weighted by molar-refractivity contribution is 0.0638. The second-order valence-electron chi connectivity index (χ2n) is 4.54. The van der Waals surface area contributed by atoms with Gasteiger partial charge in [0.15, 0.2) is 0 Å². The van der Waals surface area contributed by atoms with Gasteiger partial charge >= 0.3 is 0 Å². The van der Waals surface area contributed by atoms with Crippen molar-refractivity contribution in [1.29, 1.82) is 0 Å². The molecule has 1 unspecified atom stereocenters. The van der Waals surface area contributed by atoms with E-state index in [1.54, 1.807) is 0 Å². The van der Waals surface area contributed by atoms with Crippen molar-refractivity contribution in [2.75, 3.05) is 0 Å². The summed E-state index contributed by atoms with van der Waals surface area (Å²) in [5.74, 6) is 0. The highest BCUT2D eigenvalue weighted by molar-refractivity contribution is 14.1. The fourth-order valence-corrected chi connectivity index (χ4v) is 2.61. The van der Waals surface area contributed by atoms with Crippen LogP contribution in [0.15, 0.2) is 66.7 Å². The second kappa shape index (κ2) is 6.87. The summed E-state index contributed by atoms with van der Waals surface area (Å²) in [6.45, 7) is 6.67. The van der Waals surface area contributed by atoms with Crippen molar-refractivity contribution in [3.8, 4) is 0 Å². The van der Waals surface area contributed by atoms with E-state index in [0.29, 0.717) is 6.61 Å². The van der Waals surface area contributed by atoms with E-state index in [1.165, 1.54) is 14.7 Å². The zero-order valence-electron chi connectivity index (χ0n) is 11.0. The van der Waals surface area contributed by atoms with Crippen LogP contribution in [-0.2, 0) is 11.3 Å². The molecule has 0 bridgehead atoms. The average Bonchev–Trinajstić information content (AvgIpc) is 2.42. The molecule has 0 amide bonds. The van der Waals surface area contributed by atoms with Crippen LogP contribution in [0, 0.1) is 3.57 Å². The van der Waals surface area contributed by atoms with Gasteiger partial charge in [-0.2, -0.15) is 0 Å². The molecule has 0 aromatic heterocycles. The summed E-state index contributed by atoms with van der Waals surface area (Å²) in [5, 5.41) is 0. The Morgan fingerprint density at radius 2 is 1.74 bits per heavy atom. The quantitative estimate of drug-likeness (QED) is 0.528. The third-order valence-electron chi connectivity index (χ3n) is 2.89. The first-order chi connectivity index (χ1) is 9.18. The number of ether oxygens (including phenoxy) is 1. The van der Waals surface area contributed by atoms with Gasteiger partial charge in [0.05, 0.1) is 6.61 Å². The van der Waals surface area contributed by atoms with Gasteiger partial charge in [-0.3, -0.25) is 0 Å². The van der Waals surface area contributed by atoms with E-state index in [1.807, 2.05) is 37.3 Å². The summed E-state index contributed by atoms with van der Waals surface area (Å²) in [7, 11) is 0.